The summed E-state index contributed by atoms with van der Waals surface area (Å²) in [6, 6.07) is 0. The summed E-state index contributed by atoms with van der Waals surface area (Å²) in [6.07, 6.45) is 5.46. The van der Waals surface area contributed by atoms with Gasteiger partial charge in [-0.3, -0.25) is 0 Å². The van der Waals surface area contributed by atoms with Gasteiger partial charge in [-0.15, -0.1) is 0 Å². The van der Waals surface area contributed by atoms with Gasteiger partial charge in [-0.2, -0.15) is 5.10 Å². The molecule has 0 aromatic carbocycles. The second kappa shape index (κ2) is 3.98. The lowest BCUT2D eigenvalue weighted by Gasteiger charge is -1.99. The minimum absolute atomic E-state index is 0.217. The lowest BCUT2D eigenvalue weighted by atomic mass is 10.2. The first-order chi connectivity index (χ1) is 7.22. The highest BCUT2D eigenvalue weighted by Crippen LogP contribution is 2.12. The maximum atomic E-state index is 8.75. The molecule has 4 heteroatoms. The maximum absolute atomic E-state index is 8.75. The summed E-state index contributed by atoms with van der Waals surface area (Å²) in [6.45, 7) is 4.23. The molecule has 0 radical (unpaired) electrons. The van der Waals surface area contributed by atoms with Gasteiger partial charge >= 0.3 is 0 Å². The van der Waals surface area contributed by atoms with E-state index in [2.05, 4.69) is 10.1 Å². The molecule has 4 nitrogen and oxygen atoms in total. The van der Waals surface area contributed by atoms with Crippen LogP contribution in [0.25, 0.3) is 5.65 Å². The number of aromatic nitrogens is 3. The highest BCUT2D eigenvalue weighted by Gasteiger charge is 2.05. The molecule has 2 rings (SSSR count). The molecule has 0 unspecified atom stereocenters. The molecule has 0 atom stereocenters. The average molecular weight is 205 g/mol. The number of aliphatic hydroxyl groups is 1. The highest BCUT2D eigenvalue weighted by atomic mass is 16.2. The summed E-state index contributed by atoms with van der Waals surface area (Å²) in [5.41, 5.74) is 4.17. The van der Waals surface area contributed by atoms with Gasteiger partial charge in [0, 0.05) is 24.6 Å². The molecule has 15 heavy (non-hydrogen) atoms. The topological polar surface area (TPSA) is 50.4 Å². The van der Waals surface area contributed by atoms with Gasteiger partial charge in [0.25, 0.3) is 0 Å². The van der Waals surface area contributed by atoms with Crippen molar-refractivity contribution in [1.82, 2.24) is 14.6 Å². The monoisotopic (exact) mass is 205 g/mol. The fourth-order valence-electron chi connectivity index (χ4n) is 1.61. The predicted molar refractivity (Wildman–Crippen MR) is 57.9 cm³/mol. The fourth-order valence-corrected chi connectivity index (χ4v) is 1.61. The van der Waals surface area contributed by atoms with E-state index in [1.54, 1.807) is 0 Å². The molecule has 1 N–H and O–H groups in total. The second-order valence-electron chi connectivity index (χ2n) is 3.77. The summed E-state index contributed by atoms with van der Waals surface area (Å²) in [5.74, 6) is 0. The summed E-state index contributed by atoms with van der Waals surface area (Å²) in [7, 11) is 0. The van der Waals surface area contributed by atoms with Crippen molar-refractivity contribution in [2.45, 2.75) is 26.7 Å². The molecule has 0 aliphatic carbocycles. The number of aryl methyl sites for hydroxylation is 3. The van der Waals surface area contributed by atoms with Crippen LogP contribution in [0.15, 0.2) is 12.4 Å². The van der Waals surface area contributed by atoms with Crippen molar-refractivity contribution in [1.29, 1.82) is 0 Å². The van der Waals surface area contributed by atoms with E-state index in [0.29, 0.717) is 0 Å². The third kappa shape index (κ3) is 1.85. The van der Waals surface area contributed by atoms with Crippen molar-refractivity contribution < 1.29 is 5.11 Å². The highest BCUT2D eigenvalue weighted by molar-refractivity contribution is 5.48. The van der Waals surface area contributed by atoms with Gasteiger partial charge in [0.05, 0.1) is 5.69 Å². The predicted octanol–water partition coefficient (Wildman–Crippen LogP) is 1.27. The van der Waals surface area contributed by atoms with Gasteiger partial charge in [0.1, 0.15) is 0 Å². The normalized spacial score (nSPS) is 11.1. The van der Waals surface area contributed by atoms with Gasteiger partial charge in [0.2, 0.25) is 0 Å². The van der Waals surface area contributed by atoms with Crippen LogP contribution in [-0.4, -0.2) is 26.3 Å². The van der Waals surface area contributed by atoms with Crippen LogP contribution in [0.2, 0.25) is 0 Å². The van der Waals surface area contributed by atoms with Crippen LogP contribution in [0.1, 0.15) is 23.2 Å². The van der Waals surface area contributed by atoms with E-state index in [-0.39, 0.29) is 6.61 Å². The first kappa shape index (κ1) is 10.1. The quantitative estimate of drug-likeness (QED) is 0.821. The molecule has 2 aromatic rings. The van der Waals surface area contributed by atoms with E-state index in [1.165, 1.54) is 0 Å². The number of rotatable bonds is 3. The Kier molecular flexibility index (Phi) is 2.68. The zero-order valence-corrected chi connectivity index (χ0v) is 9.06. The Bertz CT molecular complexity index is 476. The molecule has 0 amide bonds. The van der Waals surface area contributed by atoms with Crippen LogP contribution in [-0.2, 0) is 6.42 Å². The minimum Gasteiger partial charge on any atom is -0.396 e. The lowest BCUT2D eigenvalue weighted by molar-refractivity contribution is 0.288. The lowest BCUT2D eigenvalue weighted by Crippen LogP contribution is -1.96. The molecule has 0 saturated heterocycles. The maximum Gasteiger partial charge on any atom is 0.158 e. The Morgan fingerprint density at radius 3 is 2.93 bits per heavy atom. The summed E-state index contributed by atoms with van der Waals surface area (Å²) in [4.78, 5) is 4.37. The smallest absolute Gasteiger partial charge is 0.158 e. The Hall–Kier alpha value is -1.42. The molecule has 0 saturated carbocycles. The number of fused-ring (bicyclic) bond motifs is 1. The van der Waals surface area contributed by atoms with Crippen LogP contribution in [0.5, 0.6) is 0 Å². The van der Waals surface area contributed by atoms with Crippen molar-refractivity contribution >= 4 is 5.65 Å². The number of nitrogens with zero attached hydrogens (tertiary/aromatic N) is 3. The molecule has 2 aromatic heterocycles. The van der Waals surface area contributed by atoms with Gasteiger partial charge in [-0.25, -0.2) is 9.50 Å². The number of hydrogen-bond donors (Lipinski definition) is 1. The molecule has 0 aliphatic rings. The number of aliphatic hydroxyl groups excluding tert-OH is 1. The van der Waals surface area contributed by atoms with E-state index in [0.717, 1.165) is 35.3 Å². The first-order valence-corrected chi connectivity index (χ1v) is 5.13. The van der Waals surface area contributed by atoms with Crippen molar-refractivity contribution in [3.05, 3.63) is 29.2 Å². The summed E-state index contributed by atoms with van der Waals surface area (Å²) in [5, 5.41) is 13.1. The molecule has 2 heterocycles. The third-order valence-electron chi connectivity index (χ3n) is 2.62. The van der Waals surface area contributed by atoms with Gasteiger partial charge in [-0.1, -0.05) is 0 Å². The van der Waals surface area contributed by atoms with Crippen LogP contribution in [0, 0.1) is 13.8 Å². The molecule has 80 valence electrons. The number of hydrogen-bond acceptors (Lipinski definition) is 3. The zero-order chi connectivity index (χ0) is 10.8. The van der Waals surface area contributed by atoms with Gasteiger partial charge in [0.15, 0.2) is 5.65 Å². The van der Waals surface area contributed by atoms with Crippen LogP contribution in [0.3, 0.4) is 0 Å². The van der Waals surface area contributed by atoms with E-state index >= 15 is 0 Å². The average Bonchev–Trinajstić information content (AvgIpc) is 2.52. The Morgan fingerprint density at radius 1 is 1.40 bits per heavy atom. The largest absolute Gasteiger partial charge is 0.396 e. The fraction of sp³-hybridized carbons (Fsp3) is 0.455. The van der Waals surface area contributed by atoms with Crippen LogP contribution < -0.4 is 0 Å². The van der Waals surface area contributed by atoms with Crippen LogP contribution >= 0.6 is 0 Å². The molecule has 0 aliphatic heterocycles. The first-order valence-electron chi connectivity index (χ1n) is 5.13. The summed E-state index contributed by atoms with van der Waals surface area (Å²) >= 11 is 0. The molecule has 0 fully saturated rings. The van der Waals surface area contributed by atoms with Crippen molar-refractivity contribution in [2.24, 2.45) is 0 Å². The van der Waals surface area contributed by atoms with Crippen molar-refractivity contribution in [3.8, 4) is 0 Å². The Morgan fingerprint density at radius 2 is 2.20 bits per heavy atom. The third-order valence-corrected chi connectivity index (χ3v) is 2.62. The van der Waals surface area contributed by atoms with Gasteiger partial charge in [-0.05, 0) is 32.3 Å². The van der Waals surface area contributed by atoms with E-state index in [9.17, 15) is 0 Å². The molecular formula is C11H15N3O. The SMILES string of the molecule is Cc1nn2cc(CCCO)cnc2c1C. The molecule has 0 spiro atoms. The van der Waals surface area contributed by atoms with E-state index in [1.807, 2.05) is 30.8 Å². The van der Waals surface area contributed by atoms with Crippen molar-refractivity contribution in [3.63, 3.8) is 0 Å². The van der Waals surface area contributed by atoms with E-state index < -0.39 is 0 Å². The van der Waals surface area contributed by atoms with Gasteiger partial charge < -0.3 is 5.11 Å². The van der Waals surface area contributed by atoms with Crippen LogP contribution in [0.4, 0.5) is 0 Å². The minimum atomic E-state index is 0.217. The molecular weight excluding hydrogens is 190 g/mol. The zero-order valence-electron chi connectivity index (χ0n) is 9.06. The Labute approximate surface area is 88.6 Å². The van der Waals surface area contributed by atoms with E-state index in [4.69, 9.17) is 5.11 Å². The summed E-state index contributed by atoms with van der Waals surface area (Å²) < 4.78 is 1.82. The Balaban J connectivity index is 2.39. The van der Waals surface area contributed by atoms with Crippen molar-refractivity contribution in [2.75, 3.05) is 6.61 Å². The second-order valence-corrected chi connectivity index (χ2v) is 3.77. The standard InChI is InChI=1S/C11H15N3O/c1-8-9(2)13-14-7-10(4-3-5-15)6-12-11(8)14/h6-7,15H,3-5H2,1-2H3. The molecule has 0 bridgehead atoms.